The zero-order valence-electron chi connectivity index (χ0n) is 30.0. The molecule has 0 radical (unpaired) electrons. The van der Waals surface area contributed by atoms with E-state index in [1.807, 2.05) is 18.2 Å². The lowest BCUT2D eigenvalue weighted by Crippen LogP contribution is -2.31. The first-order valence-corrected chi connectivity index (χ1v) is 23.8. The molecule has 4 aromatic rings. The van der Waals surface area contributed by atoms with Crippen molar-refractivity contribution in [2.45, 2.75) is 96.9 Å². The molecule has 0 spiro atoms. The van der Waals surface area contributed by atoms with Gasteiger partial charge in [0.25, 0.3) is 0 Å². The molecule has 0 saturated carbocycles. The van der Waals surface area contributed by atoms with Crippen LogP contribution in [0.3, 0.4) is 0 Å². The number of aromatic nitrogens is 3. The fourth-order valence-electron chi connectivity index (χ4n) is 6.05. The Bertz CT molecular complexity index is 1760. The number of nitriles is 1. The summed E-state index contributed by atoms with van der Waals surface area (Å²) in [7, 11) is 0.567. The number of hydrogen-bond acceptors (Lipinski definition) is 7. The predicted octanol–water partition coefficient (Wildman–Crippen LogP) is 8.06. The lowest BCUT2D eigenvalue weighted by molar-refractivity contribution is -0.140. The molecule has 1 unspecified atom stereocenters. The van der Waals surface area contributed by atoms with Gasteiger partial charge in [-0.05, 0) is 68.3 Å². The number of methoxy groups -OCH3 is 2. The third-order valence-corrected chi connectivity index (χ3v) is 12.3. The minimum absolute atomic E-state index is 0.176. The van der Waals surface area contributed by atoms with E-state index in [9.17, 15) is 10.1 Å². The van der Waals surface area contributed by atoms with Crippen molar-refractivity contribution in [3.8, 4) is 11.8 Å². The quantitative estimate of drug-likeness (QED) is 0.0672. The number of nitrogens with zero attached hydrogens (tertiary/aromatic N) is 4. The molecule has 0 amide bonds. The first-order chi connectivity index (χ1) is 22.1. The number of imidazole rings is 1. The van der Waals surface area contributed by atoms with Gasteiger partial charge in [-0.2, -0.15) is 5.26 Å². The van der Waals surface area contributed by atoms with Crippen LogP contribution in [0.4, 0.5) is 0 Å². The Morgan fingerprint density at radius 2 is 1.64 bits per heavy atom. The van der Waals surface area contributed by atoms with E-state index in [0.717, 1.165) is 57.8 Å². The normalized spacial score (nSPS) is 13.6. The highest BCUT2D eigenvalue weighted by Crippen LogP contribution is 2.47. The van der Waals surface area contributed by atoms with Crippen LogP contribution < -0.4 is 4.74 Å². The van der Waals surface area contributed by atoms with Crippen molar-refractivity contribution < 1.29 is 23.7 Å². The number of carbonyl (C=O) groups is 1. The smallest absolute Gasteiger partial charge is 0.305 e. The van der Waals surface area contributed by atoms with Crippen LogP contribution in [0.5, 0.6) is 5.75 Å². The predicted molar refractivity (Wildman–Crippen MR) is 194 cm³/mol. The van der Waals surface area contributed by atoms with E-state index in [1.165, 1.54) is 7.11 Å². The van der Waals surface area contributed by atoms with Crippen LogP contribution in [0.15, 0.2) is 36.5 Å². The Morgan fingerprint density at radius 3 is 2.23 bits per heavy atom. The van der Waals surface area contributed by atoms with E-state index in [2.05, 4.69) is 86.7 Å². The molecule has 4 rings (SSSR count). The number of fused-ring (bicyclic) bond motifs is 2. The number of rotatable bonds is 16. The summed E-state index contributed by atoms with van der Waals surface area (Å²) in [5.41, 5.74) is 4.34. The standard InChI is InChI=1S/C36H52N4O5Si2/c1-26-21-31(42-3)33(28-14-16-39(34(26)28)24-44-17-19-46(5,6)7)36(2,15-13-32(41)43-4)35-38-29-22-27(23-37)11-12-30(29)40(35)25-45-18-20-47(8,9)10/h11-12,14,16,21-22H,13,15,17-20,24-25H2,1-10H3. The lowest BCUT2D eigenvalue weighted by atomic mass is 9.75. The van der Waals surface area contributed by atoms with Gasteiger partial charge in [0.2, 0.25) is 0 Å². The van der Waals surface area contributed by atoms with Gasteiger partial charge in [-0.1, -0.05) is 39.3 Å². The third-order valence-electron chi connectivity index (χ3n) is 8.84. The molecule has 0 aliphatic rings. The highest BCUT2D eigenvalue weighted by Gasteiger charge is 2.40. The monoisotopic (exact) mass is 676 g/mol. The highest BCUT2D eigenvalue weighted by molar-refractivity contribution is 6.76. The fourth-order valence-corrected chi connectivity index (χ4v) is 7.56. The maximum absolute atomic E-state index is 12.7. The maximum atomic E-state index is 12.7. The van der Waals surface area contributed by atoms with Gasteiger partial charge in [0.1, 0.15) is 25.0 Å². The second-order valence-corrected chi connectivity index (χ2v) is 26.3. The SMILES string of the molecule is COC(=O)CCC(C)(c1c(OC)cc(C)c2c1ccn2COCC[Si](C)(C)C)c1nc2cc(C#N)ccc2n1COCC[Si](C)(C)C. The maximum Gasteiger partial charge on any atom is 0.305 e. The van der Waals surface area contributed by atoms with E-state index in [0.29, 0.717) is 37.6 Å². The Morgan fingerprint density at radius 1 is 0.979 bits per heavy atom. The van der Waals surface area contributed by atoms with Gasteiger partial charge in [-0.25, -0.2) is 4.98 Å². The van der Waals surface area contributed by atoms with Crippen molar-refractivity contribution in [1.82, 2.24) is 14.1 Å². The van der Waals surface area contributed by atoms with Crippen molar-refractivity contribution in [2.75, 3.05) is 27.4 Å². The van der Waals surface area contributed by atoms with Crippen LogP contribution in [0, 0.1) is 18.3 Å². The van der Waals surface area contributed by atoms with E-state index < -0.39 is 21.6 Å². The van der Waals surface area contributed by atoms with Crippen molar-refractivity contribution in [3.05, 3.63) is 59.0 Å². The molecule has 0 saturated heterocycles. The summed E-state index contributed by atoms with van der Waals surface area (Å²) in [5.74, 6) is 1.16. The number of benzene rings is 2. The first kappa shape index (κ1) is 36.4. The van der Waals surface area contributed by atoms with E-state index in [1.54, 1.807) is 7.11 Å². The van der Waals surface area contributed by atoms with Gasteiger partial charge in [-0.3, -0.25) is 4.79 Å². The van der Waals surface area contributed by atoms with Crippen molar-refractivity contribution in [3.63, 3.8) is 0 Å². The summed E-state index contributed by atoms with van der Waals surface area (Å²) in [5, 5.41) is 10.7. The van der Waals surface area contributed by atoms with Gasteiger partial charge in [0, 0.05) is 52.9 Å². The van der Waals surface area contributed by atoms with Crippen LogP contribution in [0.1, 0.15) is 42.3 Å². The van der Waals surface area contributed by atoms with Crippen molar-refractivity contribution in [2.24, 2.45) is 0 Å². The molecule has 0 bridgehead atoms. The molecule has 47 heavy (non-hydrogen) atoms. The lowest BCUT2D eigenvalue weighted by Gasteiger charge is -2.33. The minimum atomic E-state index is -1.31. The molecule has 9 nitrogen and oxygen atoms in total. The van der Waals surface area contributed by atoms with E-state index >= 15 is 0 Å². The second kappa shape index (κ2) is 14.8. The highest BCUT2D eigenvalue weighted by atomic mass is 28.3. The first-order valence-electron chi connectivity index (χ1n) is 16.4. The van der Waals surface area contributed by atoms with Gasteiger partial charge < -0.3 is 28.1 Å². The van der Waals surface area contributed by atoms with Gasteiger partial charge in [0.15, 0.2) is 0 Å². The Labute approximate surface area is 281 Å². The van der Waals surface area contributed by atoms with Crippen LogP contribution in [-0.2, 0) is 37.9 Å². The van der Waals surface area contributed by atoms with Gasteiger partial charge in [-0.15, -0.1) is 0 Å². The second-order valence-electron chi connectivity index (χ2n) is 15.1. The fraction of sp³-hybridized carbons (Fsp3) is 0.528. The molecular weight excluding hydrogens is 625 g/mol. The van der Waals surface area contributed by atoms with Crippen LogP contribution in [-0.4, -0.2) is 63.7 Å². The third kappa shape index (κ3) is 8.54. The number of hydrogen-bond donors (Lipinski definition) is 0. The number of esters is 1. The van der Waals surface area contributed by atoms with Gasteiger partial charge >= 0.3 is 5.97 Å². The summed E-state index contributed by atoms with van der Waals surface area (Å²) in [6, 6.07) is 14.1. The van der Waals surface area contributed by atoms with E-state index in [-0.39, 0.29) is 12.4 Å². The molecule has 2 aromatic carbocycles. The number of carbonyl (C=O) groups excluding carboxylic acids is 1. The molecule has 0 N–H and O–H groups in total. The summed E-state index contributed by atoms with van der Waals surface area (Å²) in [6.07, 6.45) is 2.65. The number of ether oxygens (including phenoxy) is 4. The summed E-state index contributed by atoms with van der Waals surface area (Å²) in [4.78, 5) is 17.9. The summed E-state index contributed by atoms with van der Waals surface area (Å²) < 4.78 is 28.0. The van der Waals surface area contributed by atoms with Crippen molar-refractivity contribution >= 4 is 44.1 Å². The number of aryl methyl sites for hydroxylation is 1. The molecule has 0 aliphatic carbocycles. The van der Waals surface area contributed by atoms with Gasteiger partial charge in [0.05, 0.1) is 47.8 Å². The summed E-state index contributed by atoms with van der Waals surface area (Å²) in [6.45, 7) is 20.4. The molecule has 0 fully saturated rings. The average Bonchev–Trinajstić information content (AvgIpc) is 3.60. The molecular formula is C36H52N4O5Si2. The average molecular weight is 677 g/mol. The topological polar surface area (TPSA) is 101 Å². The summed E-state index contributed by atoms with van der Waals surface area (Å²) >= 11 is 0. The minimum Gasteiger partial charge on any atom is -0.496 e. The Balaban J connectivity index is 1.92. The van der Waals surface area contributed by atoms with Crippen molar-refractivity contribution in [1.29, 1.82) is 5.26 Å². The van der Waals surface area contributed by atoms with Crippen LogP contribution in [0.2, 0.25) is 51.4 Å². The zero-order chi connectivity index (χ0) is 34.6. The molecule has 1 atom stereocenters. The van der Waals surface area contributed by atoms with Crippen LogP contribution in [0.25, 0.3) is 21.9 Å². The Hall–Kier alpha value is -3.44. The van der Waals surface area contributed by atoms with Crippen LogP contribution >= 0.6 is 0 Å². The largest absolute Gasteiger partial charge is 0.496 e. The molecule has 0 aliphatic heterocycles. The molecule has 2 heterocycles. The molecule has 2 aromatic heterocycles. The Kier molecular flexibility index (Phi) is 11.4. The zero-order valence-corrected chi connectivity index (χ0v) is 32.0. The van der Waals surface area contributed by atoms with E-state index in [4.69, 9.17) is 23.9 Å². The molecule has 254 valence electrons. The molecule has 11 heteroatoms.